The summed E-state index contributed by atoms with van der Waals surface area (Å²) < 4.78 is 0. The fourth-order valence-corrected chi connectivity index (χ4v) is 4.00. The molecule has 28 heavy (non-hydrogen) atoms. The number of carbonyl (C=O) groups excluding carboxylic acids is 3. The normalized spacial score (nSPS) is 18.4. The van der Waals surface area contributed by atoms with E-state index in [1.807, 2.05) is 18.2 Å². The van der Waals surface area contributed by atoms with Crippen molar-refractivity contribution in [2.75, 3.05) is 28.2 Å². The number of fused-ring (bicyclic) bond motifs is 1. The molecule has 0 aliphatic carbocycles. The van der Waals surface area contributed by atoms with Gasteiger partial charge in [-0.05, 0) is 42.3 Å². The van der Waals surface area contributed by atoms with Gasteiger partial charge in [0.15, 0.2) is 0 Å². The molecule has 2 aliphatic rings. The molecular weight excluding hydrogens is 378 g/mol. The van der Waals surface area contributed by atoms with E-state index in [1.165, 1.54) is 0 Å². The smallest absolute Gasteiger partial charge is 0.229 e. The number of rotatable bonds is 3. The third kappa shape index (κ3) is 3.36. The Labute approximate surface area is 168 Å². The molecule has 7 heteroatoms. The number of carbonyl (C=O) groups is 3. The van der Waals surface area contributed by atoms with Crippen LogP contribution in [0.5, 0.6) is 0 Å². The topological polar surface area (TPSA) is 69.7 Å². The molecule has 1 fully saturated rings. The Hall–Kier alpha value is -2.86. The maximum Gasteiger partial charge on any atom is 0.229 e. The van der Waals surface area contributed by atoms with Crippen LogP contribution in [0, 0.1) is 5.92 Å². The monoisotopic (exact) mass is 397 g/mol. The molecule has 1 saturated heterocycles. The van der Waals surface area contributed by atoms with E-state index in [0.29, 0.717) is 23.8 Å². The van der Waals surface area contributed by atoms with Crippen LogP contribution >= 0.6 is 11.6 Å². The predicted octanol–water partition coefficient (Wildman–Crippen LogP) is 3.24. The molecule has 0 spiro atoms. The number of amides is 3. The minimum atomic E-state index is -0.439. The lowest BCUT2D eigenvalue weighted by Gasteiger charge is -2.19. The van der Waals surface area contributed by atoms with E-state index >= 15 is 0 Å². The van der Waals surface area contributed by atoms with Crippen LogP contribution in [0.4, 0.5) is 17.1 Å². The first kappa shape index (κ1) is 18.5. The fraction of sp³-hybridized carbons (Fsp3) is 0.286. The van der Waals surface area contributed by atoms with Crippen molar-refractivity contribution in [3.8, 4) is 0 Å². The summed E-state index contributed by atoms with van der Waals surface area (Å²) in [6.07, 6.45) is 0.925. The number of nitrogens with one attached hydrogen (secondary N) is 1. The number of anilines is 3. The first-order chi connectivity index (χ1) is 13.4. The fourth-order valence-electron chi connectivity index (χ4n) is 3.81. The number of nitrogens with zero attached hydrogens (tertiary/aromatic N) is 2. The van der Waals surface area contributed by atoms with Crippen molar-refractivity contribution in [2.24, 2.45) is 5.92 Å². The number of hydrogen-bond donors (Lipinski definition) is 1. The third-order valence-corrected chi connectivity index (χ3v) is 5.61. The zero-order valence-corrected chi connectivity index (χ0v) is 16.2. The molecule has 1 unspecified atom stereocenters. The summed E-state index contributed by atoms with van der Waals surface area (Å²) in [5, 5.41) is 3.27. The summed E-state index contributed by atoms with van der Waals surface area (Å²) in [4.78, 5) is 40.2. The van der Waals surface area contributed by atoms with Crippen molar-refractivity contribution < 1.29 is 14.4 Å². The Morgan fingerprint density at radius 3 is 2.71 bits per heavy atom. The SMILES string of the molecule is CC(=O)N1CCc2cc(N3CC(C(=O)Nc4ccccc4Cl)CC3=O)ccc21. The lowest BCUT2D eigenvalue weighted by Crippen LogP contribution is -2.28. The van der Waals surface area contributed by atoms with Crippen molar-refractivity contribution in [2.45, 2.75) is 19.8 Å². The lowest BCUT2D eigenvalue weighted by atomic mass is 10.1. The summed E-state index contributed by atoms with van der Waals surface area (Å²) in [6.45, 7) is 2.53. The quantitative estimate of drug-likeness (QED) is 0.864. The molecule has 2 aromatic rings. The molecule has 4 rings (SSSR count). The second-order valence-corrected chi connectivity index (χ2v) is 7.52. The second kappa shape index (κ2) is 7.28. The second-order valence-electron chi connectivity index (χ2n) is 7.11. The maximum atomic E-state index is 12.6. The van der Waals surface area contributed by atoms with E-state index in [9.17, 15) is 14.4 Å². The van der Waals surface area contributed by atoms with Crippen molar-refractivity contribution >= 4 is 46.4 Å². The predicted molar refractivity (Wildman–Crippen MR) is 109 cm³/mol. The minimum absolute atomic E-state index is 0.0139. The molecule has 3 amide bonds. The average molecular weight is 398 g/mol. The van der Waals surface area contributed by atoms with Gasteiger partial charge in [0.05, 0.1) is 16.6 Å². The van der Waals surface area contributed by atoms with Crippen LogP contribution < -0.4 is 15.1 Å². The summed E-state index contributed by atoms with van der Waals surface area (Å²) in [7, 11) is 0. The number of para-hydroxylation sites is 1. The van der Waals surface area contributed by atoms with Crippen LogP contribution in [0.1, 0.15) is 18.9 Å². The molecule has 2 aromatic carbocycles. The van der Waals surface area contributed by atoms with Gasteiger partial charge in [-0.25, -0.2) is 0 Å². The van der Waals surface area contributed by atoms with Crippen LogP contribution in [-0.4, -0.2) is 30.8 Å². The molecule has 1 N–H and O–H groups in total. The zero-order chi connectivity index (χ0) is 19.8. The van der Waals surface area contributed by atoms with E-state index in [2.05, 4.69) is 5.32 Å². The van der Waals surface area contributed by atoms with Gasteiger partial charge in [0.2, 0.25) is 17.7 Å². The number of benzene rings is 2. The van der Waals surface area contributed by atoms with Crippen LogP contribution in [0.3, 0.4) is 0 Å². The first-order valence-electron chi connectivity index (χ1n) is 9.21. The molecule has 6 nitrogen and oxygen atoms in total. The van der Waals surface area contributed by atoms with Crippen LogP contribution in [-0.2, 0) is 20.8 Å². The molecular formula is C21H20ClN3O3. The summed E-state index contributed by atoms with van der Waals surface area (Å²) in [5.74, 6) is -0.723. The van der Waals surface area contributed by atoms with Gasteiger partial charge in [-0.3, -0.25) is 14.4 Å². The van der Waals surface area contributed by atoms with E-state index in [4.69, 9.17) is 11.6 Å². The van der Waals surface area contributed by atoms with Crippen LogP contribution in [0.15, 0.2) is 42.5 Å². The van der Waals surface area contributed by atoms with Gasteiger partial charge in [-0.2, -0.15) is 0 Å². The van der Waals surface area contributed by atoms with Crippen molar-refractivity contribution in [3.05, 3.63) is 53.1 Å². The van der Waals surface area contributed by atoms with Gasteiger partial charge in [0.1, 0.15) is 0 Å². The summed E-state index contributed by atoms with van der Waals surface area (Å²) in [6, 6.07) is 12.7. The van der Waals surface area contributed by atoms with Crippen LogP contribution in [0.2, 0.25) is 5.02 Å². The average Bonchev–Trinajstić information content (AvgIpc) is 3.26. The molecule has 144 valence electrons. The Kier molecular flexibility index (Phi) is 4.81. The molecule has 0 radical (unpaired) electrons. The summed E-state index contributed by atoms with van der Waals surface area (Å²) in [5.41, 5.74) is 3.25. The molecule has 2 aliphatic heterocycles. The largest absolute Gasteiger partial charge is 0.324 e. The van der Waals surface area contributed by atoms with E-state index in [-0.39, 0.29) is 24.1 Å². The van der Waals surface area contributed by atoms with Crippen molar-refractivity contribution in [1.29, 1.82) is 0 Å². The number of hydrogen-bond acceptors (Lipinski definition) is 3. The van der Waals surface area contributed by atoms with E-state index in [1.54, 1.807) is 41.0 Å². The lowest BCUT2D eigenvalue weighted by molar-refractivity contribution is -0.122. The first-order valence-corrected chi connectivity index (χ1v) is 9.58. The van der Waals surface area contributed by atoms with E-state index in [0.717, 1.165) is 23.4 Å². The van der Waals surface area contributed by atoms with Crippen molar-refractivity contribution in [3.63, 3.8) is 0 Å². The Morgan fingerprint density at radius 1 is 1.18 bits per heavy atom. The highest BCUT2D eigenvalue weighted by Gasteiger charge is 2.36. The molecule has 1 atom stereocenters. The highest BCUT2D eigenvalue weighted by atomic mass is 35.5. The maximum absolute atomic E-state index is 12.6. The highest BCUT2D eigenvalue weighted by Crippen LogP contribution is 2.34. The van der Waals surface area contributed by atoms with Gasteiger partial charge in [-0.15, -0.1) is 0 Å². The standard InChI is InChI=1S/C21H20ClN3O3/c1-13(26)24-9-8-14-10-16(6-7-19(14)24)25-12-15(11-20(25)27)21(28)23-18-5-3-2-4-17(18)22/h2-7,10,15H,8-9,11-12H2,1H3,(H,23,28). The number of halogens is 1. The van der Waals surface area contributed by atoms with E-state index < -0.39 is 5.92 Å². The van der Waals surface area contributed by atoms with Crippen LogP contribution in [0.25, 0.3) is 0 Å². The molecule has 0 aromatic heterocycles. The van der Waals surface area contributed by atoms with Gasteiger partial charge in [0, 0.05) is 37.8 Å². The van der Waals surface area contributed by atoms with Crippen molar-refractivity contribution in [1.82, 2.24) is 0 Å². The van der Waals surface area contributed by atoms with Gasteiger partial charge < -0.3 is 15.1 Å². The third-order valence-electron chi connectivity index (χ3n) is 5.28. The minimum Gasteiger partial charge on any atom is -0.324 e. The van der Waals surface area contributed by atoms with Gasteiger partial charge >= 0.3 is 0 Å². The Bertz CT molecular complexity index is 975. The van der Waals surface area contributed by atoms with Gasteiger partial charge in [-0.1, -0.05) is 23.7 Å². The Morgan fingerprint density at radius 2 is 1.96 bits per heavy atom. The molecule has 0 bridgehead atoms. The van der Waals surface area contributed by atoms with Gasteiger partial charge in [0.25, 0.3) is 0 Å². The molecule has 2 heterocycles. The highest BCUT2D eigenvalue weighted by molar-refractivity contribution is 6.33. The Balaban J connectivity index is 1.49. The summed E-state index contributed by atoms with van der Waals surface area (Å²) >= 11 is 6.10. The zero-order valence-electron chi connectivity index (χ0n) is 15.4. The molecule has 0 saturated carbocycles.